The summed E-state index contributed by atoms with van der Waals surface area (Å²) in [6.07, 6.45) is 0. The van der Waals surface area contributed by atoms with Crippen molar-refractivity contribution in [3.63, 3.8) is 0 Å². The molecular weight excluding hydrogens is 266 g/mol. The number of hydrogen-bond acceptors (Lipinski definition) is 4. The zero-order chi connectivity index (χ0) is 12.1. The van der Waals surface area contributed by atoms with Gasteiger partial charge in [-0.25, -0.2) is 0 Å². The first-order valence-corrected chi connectivity index (χ1v) is 8.37. The van der Waals surface area contributed by atoms with Crippen molar-refractivity contribution < 1.29 is 0 Å². The van der Waals surface area contributed by atoms with Crippen molar-refractivity contribution in [3.8, 4) is 0 Å². The second-order valence-corrected chi connectivity index (χ2v) is 6.65. The van der Waals surface area contributed by atoms with Gasteiger partial charge in [-0.05, 0) is 45.3 Å². The molecule has 1 aromatic heterocycles. The predicted octanol–water partition coefficient (Wildman–Crippen LogP) is 5.27. The van der Waals surface area contributed by atoms with Crippen LogP contribution in [0.25, 0.3) is 0 Å². The number of rotatable bonds is 4. The molecule has 0 fully saturated rings. The van der Waals surface area contributed by atoms with Gasteiger partial charge in [0.2, 0.25) is 0 Å². The van der Waals surface area contributed by atoms with Crippen molar-refractivity contribution in [1.82, 2.24) is 0 Å². The molecule has 0 bridgehead atoms. The van der Waals surface area contributed by atoms with Gasteiger partial charge in [0.05, 0.1) is 5.04 Å². The van der Waals surface area contributed by atoms with E-state index in [4.69, 9.17) is 5.41 Å². The molecule has 0 saturated carbocycles. The standard InChI is InChI=1S/C13H13NS3/c1-10(11-7-8-15-9-11)13(14)17-16-12-5-3-2-4-6-12/h2-10,14H,1H3. The second kappa shape index (κ2) is 6.28. The molecule has 88 valence electrons. The van der Waals surface area contributed by atoms with Crippen molar-refractivity contribution in [2.24, 2.45) is 0 Å². The van der Waals surface area contributed by atoms with Crippen LogP contribution in [0.5, 0.6) is 0 Å². The van der Waals surface area contributed by atoms with Crippen LogP contribution in [0.2, 0.25) is 0 Å². The third kappa shape index (κ3) is 3.63. The summed E-state index contributed by atoms with van der Waals surface area (Å²) in [5.41, 5.74) is 1.24. The van der Waals surface area contributed by atoms with E-state index in [9.17, 15) is 0 Å². The average molecular weight is 279 g/mol. The minimum Gasteiger partial charge on any atom is -0.297 e. The molecular formula is C13H13NS3. The van der Waals surface area contributed by atoms with Crippen LogP contribution in [0.4, 0.5) is 0 Å². The highest BCUT2D eigenvalue weighted by Crippen LogP contribution is 2.36. The van der Waals surface area contributed by atoms with Gasteiger partial charge < -0.3 is 0 Å². The molecule has 0 spiro atoms. The normalized spacial score (nSPS) is 12.3. The molecule has 2 rings (SSSR count). The molecule has 1 aromatic carbocycles. The lowest BCUT2D eigenvalue weighted by molar-refractivity contribution is 1.04. The third-order valence-corrected chi connectivity index (χ3v) is 5.56. The van der Waals surface area contributed by atoms with Gasteiger partial charge in [0.15, 0.2) is 0 Å². The first kappa shape index (κ1) is 12.7. The maximum Gasteiger partial charge on any atom is 0.0823 e. The third-order valence-electron chi connectivity index (χ3n) is 2.41. The lowest BCUT2D eigenvalue weighted by Crippen LogP contribution is -2.01. The topological polar surface area (TPSA) is 23.9 Å². The Balaban J connectivity index is 1.90. The summed E-state index contributed by atoms with van der Waals surface area (Å²) in [7, 11) is 3.19. The van der Waals surface area contributed by atoms with Gasteiger partial charge in [0, 0.05) is 10.8 Å². The fourth-order valence-corrected chi connectivity index (χ4v) is 4.13. The Morgan fingerprint density at radius 2 is 2.00 bits per heavy atom. The van der Waals surface area contributed by atoms with Crippen molar-refractivity contribution in [2.75, 3.05) is 0 Å². The molecule has 0 radical (unpaired) electrons. The first-order chi connectivity index (χ1) is 8.27. The number of hydrogen-bond donors (Lipinski definition) is 1. The molecule has 1 unspecified atom stereocenters. The van der Waals surface area contributed by atoms with Gasteiger partial charge in [0.1, 0.15) is 0 Å². The van der Waals surface area contributed by atoms with Crippen LogP contribution >= 0.6 is 32.9 Å². The molecule has 1 nitrogen and oxygen atoms in total. The van der Waals surface area contributed by atoms with Crippen LogP contribution in [0.3, 0.4) is 0 Å². The van der Waals surface area contributed by atoms with Gasteiger partial charge in [-0.1, -0.05) is 35.9 Å². The Morgan fingerprint density at radius 3 is 2.65 bits per heavy atom. The van der Waals surface area contributed by atoms with E-state index in [1.807, 2.05) is 18.2 Å². The van der Waals surface area contributed by atoms with Crippen LogP contribution < -0.4 is 0 Å². The maximum absolute atomic E-state index is 8.07. The molecule has 4 heteroatoms. The van der Waals surface area contributed by atoms with E-state index in [2.05, 4.69) is 35.9 Å². The SMILES string of the molecule is CC(C(=N)SSc1ccccc1)c1ccsc1. The van der Waals surface area contributed by atoms with Gasteiger partial charge in [-0.2, -0.15) is 11.3 Å². The average Bonchev–Trinajstić information content (AvgIpc) is 2.90. The van der Waals surface area contributed by atoms with Crippen LogP contribution in [0.15, 0.2) is 52.1 Å². The Morgan fingerprint density at radius 1 is 1.24 bits per heavy atom. The van der Waals surface area contributed by atoms with Gasteiger partial charge in [0.25, 0.3) is 0 Å². The highest BCUT2D eigenvalue weighted by molar-refractivity contribution is 8.82. The van der Waals surface area contributed by atoms with Crippen LogP contribution in [0, 0.1) is 5.41 Å². The van der Waals surface area contributed by atoms with Gasteiger partial charge in [-0.15, -0.1) is 0 Å². The Kier molecular flexibility index (Phi) is 4.71. The van der Waals surface area contributed by atoms with E-state index in [0.29, 0.717) is 5.04 Å². The molecule has 0 aliphatic carbocycles. The second-order valence-electron chi connectivity index (χ2n) is 3.62. The lowest BCUT2D eigenvalue weighted by atomic mass is 10.1. The van der Waals surface area contributed by atoms with Gasteiger partial charge in [-0.3, -0.25) is 5.41 Å². The van der Waals surface area contributed by atoms with E-state index >= 15 is 0 Å². The van der Waals surface area contributed by atoms with Crippen LogP contribution in [0.1, 0.15) is 18.4 Å². The maximum atomic E-state index is 8.07. The molecule has 17 heavy (non-hydrogen) atoms. The van der Waals surface area contributed by atoms with Crippen LogP contribution in [-0.4, -0.2) is 5.04 Å². The molecule has 1 heterocycles. The minimum atomic E-state index is 0.197. The highest BCUT2D eigenvalue weighted by atomic mass is 33.1. The van der Waals surface area contributed by atoms with Crippen molar-refractivity contribution in [1.29, 1.82) is 5.41 Å². The molecule has 1 N–H and O–H groups in total. The smallest absolute Gasteiger partial charge is 0.0823 e. The zero-order valence-electron chi connectivity index (χ0n) is 9.42. The van der Waals surface area contributed by atoms with Crippen molar-refractivity contribution in [3.05, 3.63) is 52.7 Å². The summed E-state index contributed by atoms with van der Waals surface area (Å²) in [5, 5.41) is 13.0. The summed E-state index contributed by atoms with van der Waals surface area (Å²) < 4.78 is 0. The highest BCUT2D eigenvalue weighted by Gasteiger charge is 2.12. The monoisotopic (exact) mass is 279 g/mol. The molecule has 1 atom stereocenters. The van der Waals surface area contributed by atoms with E-state index in [1.165, 1.54) is 10.5 Å². The number of benzene rings is 1. The molecule has 0 amide bonds. The summed E-state index contributed by atoms with van der Waals surface area (Å²) in [5.74, 6) is 0.197. The summed E-state index contributed by atoms with van der Waals surface area (Å²) >= 11 is 1.69. The molecule has 0 saturated heterocycles. The predicted molar refractivity (Wildman–Crippen MR) is 80.4 cm³/mol. The summed E-state index contributed by atoms with van der Waals surface area (Å²) in [6.45, 7) is 2.09. The largest absolute Gasteiger partial charge is 0.297 e. The van der Waals surface area contributed by atoms with Gasteiger partial charge >= 0.3 is 0 Å². The van der Waals surface area contributed by atoms with E-state index in [1.54, 1.807) is 32.9 Å². The van der Waals surface area contributed by atoms with E-state index in [-0.39, 0.29) is 5.92 Å². The Labute approximate surface area is 114 Å². The summed E-state index contributed by atoms with van der Waals surface area (Å²) in [4.78, 5) is 1.19. The lowest BCUT2D eigenvalue weighted by Gasteiger charge is -2.10. The fraction of sp³-hybridized carbons (Fsp3) is 0.154. The van der Waals surface area contributed by atoms with Crippen molar-refractivity contribution in [2.45, 2.75) is 17.7 Å². The molecule has 0 aliphatic heterocycles. The quantitative estimate of drug-likeness (QED) is 0.468. The Hall–Kier alpha value is -0.710. The summed E-state index contributed by atoms with van der Waals surface area (Å²) in [6, 6.07) is 12.3. The Bertz CT molecular complexity index is 465. The zero-order valence-corrected chi connectivity index (χ0v) is 11.9. The minimum absolute atomic E-state index is 0.197. The molecule has 2 aromatic rings. The molecule has 0 aliphatic rings. The van der Waals surface area contributed by atoms with E-state index < -0.39 is 0 Å². The van der Waals surface area contributed by atoms with E-state index in [0.717, 1.165) is 0 Å². The number of nitrogens with one attached hydrogen (secondary N) is 1. The number of thiophene rings is 1. The van der Waals surface area contributed by atoms with Crippen molar-refractivity contribution >= 4 is 38.0 Å². The fourth-order valence-electron chi connectivity index (χ4n) is 1.31. The van der Waals surface area contributed by atoms with Crippen LogP contribution in [-0.2, 0) is 0 Å². The first-order valence-electron chi connectivity index (χ1n) is 5.27.